The number of hydrogen-bond donors (Lipinski definition) is 0. The van der Waals surface area contributed by atoms with E-state index in [-0.39, 0.29) is 5.91 Å². The number of anilines is 2. The molecule has 0 saturated carbocycles. The van der Waals surface area contributed by atoms with Crippen LogP contribution in [0.5, 0.6) is 5.75 Å². The van der Waals surface area contributed by atoms with Crippen molar-refractivity contribution in [3.05, 3.63) is 60.2 Å². The second-order valence-electron chi connectivity index (χ2n) is 8.22. The Morgan fingerprint density at radius 3 is 2.26 bits per heavy atom. The van der Waals surface area contributed by atoms with Crippen LogP contribution in [0.15, 0.2) is 54.6 Å². The van der Waals surface area contributed by atoms with Crippen molar-refractivity contribution in [2.75, 3.05) is 56.2 Å². The van der Waals surface area contributed by atoms with Crippen LogP contribution in [-0.4, -0.2) is 62.2 Å². The number of methoxy groups -OCH3 is 1. The summed E-state index contributed by atoms with van der Waals surface area (Å²) in [5.74, 6) is 1.91. The molecule has 2 aromatic carbocycles. The van der Waals surface area contributed by atoms with Crippen LogP contribution in [0.4, 0.5) is 11.5 Å². The number of fused-ring (bicyclic) bond motifs is 1. The zero-order valence-corrected chi connectivity index (χ0v) is 18.0. The second-order valence-corrected chi connectivity index (χ2v) is 8.22. The van der Waals surface area contributed by atoms with E-state index >= 15 is 0 Å². The minimum atomic E-state index is 0.134. The highest BCUT2D eigenvalue weighted by molar-refractivity contribution is 6.07. The van der Waals surface area contributed by atoms with Gasteiger partial charge in [0.2, 0.25) is 0 Å². The molecule has 5 rings (SSSR count). The number of nitrogens with zero attached hydrogens (tertiary/aromatic N) is 4. The molecule has 6 nitrogen and oxygen atoms in total. The molecule has 0 unspecified atom stereocenters. The lowest BCUT2D eigenvalue weighted by Gasteiger charge is -2.37. The molecule has 160 valence electrons. The van der Waals surface area contributed by atoms with Gasteiger partial charge in [-0.15, -0.1) is 0 Å². The van der Waals surface area contributed by atoms with Crippen LogP contribution in [0, 0.1) is 0 Å². The second kappa shape index (κ2) is 8.46. The number of para-hydroxylation sites is 1. The summed E-state index contributed by atoms with van der Waals surface area (Å²) < 4.78 is 5.27. The summed E-state index contributed by atoms with van der Waals surface area (Å²) in [4.78, 5) is 24.8. The van der Waals surface area contributed by atoms with Crippen molar-refractivity contribution in [3.63, 3.8) is 0 Å². The SMILES string of the molecule is COc1ccc(N2CCN(c3cc(C(=O)N4CCCC4)c4ccccc4n3)CC2)cc1. The summed E-state index contributed by atoms with van der Waals surface area (Å²) in [5, 5.41) is 0.944. The highest BCUT2D eigenvalue weighted by Crippen LogP contribution is 2.27. The van der Waals surface area contributed by atoms with Crippen LogP contribution in [0.3, 0.4) is 0 Å². The molecule has 0 bridgehead atoms. The average molecular weight is 417 g/mol. The highest BCUT2D eigenvalue weighted by atomic mass is 16.5. The summed E-state index contributed by atoms with van der Waals surface area (Å²) >= 11 is 0. The monoisotopic (exact) mass is 416 g/mol. The lowest BCUT2D eigenvalue weighted by Crippen LogP contribution is -2.47. The Bertz CT molecular complexity index is 1070. The van der Waals surface area contributed by atoms with Crippen molar-refractivity contribution in [3.8, 4) is 5.75 Å². The van der Waals surface area contributed by atoms with Gasteiger partial charge in [0.1, 0.15) is 11.6 Å². The number of hydrogen-bond acceptors (Lipinski definition) is 5. The molecule has 31 heavy (non-hydrogen) atoms. The minimum Gasteiger partial charge on any atom is -0.497 e. The van der Waals surface area contributed by atoms with Crippen LogP contribution in [0.2, 0.25) is 0 Å². The molecule has 0 N–H and O–H groups in total. The fraction of sp³-hybridized carbons (Fsp3) is 0.360. The molecule has 6 heteroatoms. The summed E-state index contributed by atoms with van der Waals surface area (Å²) in [7, 11) is 1.69. The summed E-state index contributed by atoms with van der Waals surface area (Å²) in [6.45, 7) is 5.27. The van der Waals surface area contributed by atoms with Gasteiger partial charge in [-0.1, -0.05) is 18.2 Å². The van der Waals surface area contributed by atoms with Crippen LogP contribution < -0.4 is 14.5 Å². The van der Waals surface area contributed by atoms with Gasteiger partial charge >= 0.3 is 0 Å². The van der Waals surface area contributed by atoms with Crippen LogP contribution in [0.1, 0.15) is 23.2 Å². The Kier molecular flexibility index (Phi) is 5.37. The number of aromatic nitrogens is 1. The van der Waals surface area contributed by atoms with Crippen molar-refractivity contribution in [1.29, 1.82) is 0 Å². The number of pyridine rings is 1. The molecule has 2 aliphatic rings. The van der Waals surface area contributed by atoms with E-state index in [9.17, 15) is 4.79 Å². The van der Waals surface area contributed by atoms with Crippen LogP contribution in [-0.2, 0) is 0 Å². The zero-order chi connectivity index (χ0) is 21.2. The fourth-order valence-electron chi connectivity index (χ4n) is 4.58. The zero-order valence-electron chi connectivity index (χ0n) is 18.0. The third kappa shape index (κ3) is 3.90. The molecule has 3 aromatic rings. The Morgan fingerprint density at radius 2 is 1.55 bits per heavy atom. The number of carbonyl (C=O) groups is 1. The van der Waals surface area contributed by atoms with Gasteiger partial charge in [-0.25, -0.2) is 4.98 Å². The van der Waals surface area contributed by atoms with Gasteiger partial charge < -0.3 is 19.4 Å². The Morgan fingerprint density at radius 1 is 0.871 bits per heavy atom. The van der Waals surface area contributed by atoms with E-state index in [0.29, 0.717) is 0 Å². The largest absolute Gasteiger partial charge is 0.497 e. The normalized spacial score (nSPS) is 16.7. The summed E-state index contributed by atoms with van der Waals surface area (Å²) in [6.07, 6.45) is 2.18. The van der Waals surface area contributed by atoms with Crippen LogP contribution >= 0.6 is 0 Å². The molecule has 2 saturated heterocycles. The van der Waals surface area contributed by atoms with Gasteiger partial charge in [0.15, 0.2) is 0 Å². The molecule has 1 aromatic heterocycles. The quantitative estimate of drug-likeness (QED) is 0.647. The Balaban J connectivity index is 1.38. The fourth-order valence-corrected chi connectivity index (χ4v) is 4.58. The van der Waals surface area contributed by atoms with Gasteiger partial charge in [-0.3, -0.25) is 4.79 Å². The maximum absolute atomic E-state index is 13.2. The maximum atomic E-state index is 13.2. The van der Waals surface area contributed by atoms with Gasteiger partial charge in [-0.2, -0.15) is 0 Å². The molecule has 2 aliphatic heterocycles. The molecule has 0 aliphatic carbocycles. The summed E-state index contributed by atoms with van der Waals surface area (Å²) in [6, 6.07) is 18.2. The van der Waals surface area contributed by atoms with Gasteiger partial charge in [0.25, 0.3) is 5.91 Å². The van der Waals surface area contributed by atoms with Crippen LogP contribution in [0.25, 0.3) is 10.9 Å². The van der Waals surface area contributed by atoms with Gasteiger partial charge in [0.05, 0.1) is 18.2 Å². The topological polar surface area (TPSA) is 48.9 Å². The number of rotatable bonds is 4. The number of carbonyl (C=O) groups excluding carboxylic acids is 1. The third-order valence-corrected chi connectivity index (χ3v) is 6.37. The Hall–Kier alpha value is -3.28. The third-order valence-electron chi connectivity index (χ3n) is 6.37. The first-order chi connectivity index (χ1) is 15.2. The van der Waals surface area contributed by atoms with E-state index in [1.807, 2.05) is 47.4 Å². The molecule has 0 atom stereocenters. The van der Waals surface area contributed by atoms with Crippen molar-refractivity contribution in [1.82, 2.24) is 9.88 Å². The molecule has 2 fully saturated rings. The summed E-state index contributed by atoms with van der Waals surface area (Å²) in [5.41, 5.74) is 2.87. The molecule has 1 amide bonds. The molecule has 0 spiro atoms. The molecule has 3 heterocycles. The van der Waals surface area contributed by atoms with Crippen molar-refractivity contribution < 1.29 is 9.53 Å². The number of ether oxygens (including phenoxy) is 1. The maximum Gasteiger partial charge on any atom is 0.254 e. The smallest absolute Gasteiger partial charge is 0.254 e. The predicted octanol–water partition coefficient (Wildman–Crippen LogP) is 3.81. The van der Waals surface area contributed by atoms with E-state index in [0.717, 1.165) is 80.1 Å². The van der Waals surface area contributed by atoms with E-state index in [2.05, 4.69) is 21.9 Å². The van der Waals surface area contributed by atoms with Crippen molar-refractivity contribution in [2.45, 2.75) is 12.8 Å². The lowest BCUT2D eigenvalue weighted by atomic mass is 10.1. The molecular formula is C25H28N4O2. The van der Waals surface area contributed by atoms with Gasteiger partial charge in [0, 0.05) is 50.3 Å². The van der Waals surface area contributed by atoms with Gasteiger partial charge in [-0.05, 0) is 49.2 Å². The first-order valence-corrected chi connectivity index (χ1v) is 11.1. The predicted molar refractivity (Wildman–Crippen MR) is 124 cm³/mol. The highest BCUT2D eigenvalue weighted by Gasteiger charge is 2.24. The van der Waals surface area contributed by atoms with E-state index in [1.54, 1.807) is 7.11 Å². The first kappa shape index (κ1) is 19.7. The number of piperazine rings is 1. The first-order valence-electron chi connectivity index (χ1n) is 11.1. The number of amides is 1. The lowest BCUT2D eigenvalue weighted by molar-refractivity contribution is 0.0794. The average Bonchev–Trinajstić information content (AvgIpc) is 3.38. The van der Waals surface area contributed by atoms with Crippen molar-refractivity contribution >= 4 is 28.3 Å². The van der Waals surface area contributed by atoms with E-state index in [1.165, 1.54) is 5.69 Å². The Labute approximate surface area is 183 Å². The minimum absolute atomic E-state index is 0.134. The number of benzene rings is 2. The van der Waals surface area contributed by atoms with E-state index < -0.39 is 0 Å². The molecule has 0 radical (unpaired) electrons. The standard InChI is InChI=1S/C25H28N4O2/c1-31-20-10-8-19(9-11-20)27-14-16-28(17-15-27)24-18-22(25(30)29-12-4-5-13-29)21-6-2-3-7-23(21)26-24/h2-3,6-11,18H,4-5,12-17H2,1H3. The molecular weight excluding hydrogens is 388 g/mol. The van der Waals surface area contributed by atoms with E-state index in [4.69, 9.17) is 9.72 Å². The number of likely N-dealkylation sites (tertiary alicyclic amines) is 1. The van der Waals surface area contributed by atoms with Crippen molar-refractivity contribution in [2.24, 2.45) is 0 Å².